The number of phenolic OH excluding ortho intramolecular Hbond substituents is 3. The van der Waals surface area contributed by atoms with Gasteiger partial charge < -0.3 is 15.3 Å². The van der Waals surface area contributed by atoms with Crippen molar-refractivity contribution in [2.24, 2.45) is 0 Å². The molecule has 3 aromatic rings. The van der Waals surface area contributed by atoms with Crippen molar-refractivity contribution in [2.45, 2.75) is 0 Å². The Bertz CT molecular complexity index is 862. The highest BCUT2D eigenvalue weighted by molar-refractivity contribution is 6.11. The minimum Gasteiger partial charge on any atom is -0.508 e. The molecule has 0 spiro atoms. The first kappa shape index (κ1) is 16.3. The molecule has 3 N–H and O–H groups in total. The molecule has 0 bridgehead atoms. The van der Waals surface area contributed by atoms with Crippen molar-refractivity contribution in [2.75, 3.05) is 4.90 Å². The Labute approximate surface area is 142 Å². The normalized spacial score (nSPS) is 10.4. The Morgan fingerprint density at radius 3 is 1.72 bits per heavy atom. The molecular weight excluding hydrogens is 325 g/mol. The highest BCUT2D eigenvalue weighted by atomic mass is 19.1. The smallest absolute Gasteiger partial charge is 0.265 e. The molecular formula is C19H14FNO4. The van der Waals surface area contributed by atoms with Crippen LogP contribution in [0.4, 0.5) is 15.8 Å². The van der Waals surface area contributed by atoms with Gasteiger partial charge >= 0.3 is 0 Å². The SMILES string of the molecule is O=C(c1cccc(O)c1F)N(c1ccc(O)cc1)c1ccc(O)cc1. The van der Waals surface area contributed by atoms with Crippen LogP contribution in [0.2, 0.25) is 0 Å². The summed E-state index contributed by atoms with van der Waals surface area (Å²) in [4.78, 5) is 14.2. The molecule has 25 heavy (non-hydrogen) atoms. The molecule has 0 atom stereocenters. The fourth-order valence-electron chi connectivity index (χ4n) is 2.39. The number of aromatic hydroxyl groups is 3. The first-order valence-electron chi connectivity index (χ1n) is 7.37. The van der Waals surface area contributed by atoms with Crippen molar-refractivity contribution < 1.29 is 24.5 Å². The van der Waals surface area contributed by atoms with Gasteiger partial charge in [-0.2, -0.15) is 0 Å². The molecule has 0 radical (unpaired) electrons. The molecule has 126 valence electrons. The zero-order chi connectivity index (χ0) is 18.0. The van der Waals surface area contributed by atoms with E-state index in [2.05, 4.69) is 0 Å². The van der Waals surface area contributed by atoms with Crippen molar-refractivity contribution in [3.63, 3.8) is 0 Å². The average molecular weight is 339 g/mol. The maximum absolute atomic E-state index is 14.2. The van der Waals surface area contributed by atoms with Crippen molar-refractivity contribution in [1.29, 1.82) is 0 Å². The molecule has 0 aliphatic rings. The molecule has 0 heterocycles. The zero-order valence-corrected chi connectivity index (χ0v) is 12.9. The standard InChI is InChI=1S/C19H14FNO4/c20-18-16(2-1-3-17(18)24)19(25)21(12-4-8-14(22)9-5-12)13-6-10-15(23)11-7-13/h1-11,22-24H. The number of rotatable bonds is 3. The third-order valence-electron chi connectivity index (χ3n) is 3.63. The van der Waals surface area contributed by atoms with Gasteiger partial charge in [-0.05, 0) is 60.7 Å². The van der Waals surface area contributed by atoms with Gasteiger partial charge in [0.05, 0.1) is 5.56 Å². The predicted molar refractivity (Wildman–Crippen MR) is 90.7 cm³/mol. The lowest BCUT2D eigenvalue weighted by Gasteiger charge is -2.23. The number of amides is 1. The van der Waals surface area contributed by atoms with Crippen molar-refractivity contribution in [1.82, 2.24) is 0 Å². The molecule has 0 aliphatic carbocycles. The highest BCUT2D eigenvalue weighted by Crippen LogP contribution is 2.31. The summed E-state index contributed by atoms with van der Waals surface area (Å²) >= 11 is 0. The monoisotopic (exact) mass is 339 g/mol. The molecule has 0 unspecified atom stereocenters. The maximum atomic E-state index is 14.2. The second-order valence-corrected chi connectivity index (χ2v) is 5.31. The summed E-state index contributed by atoms with van der Waals surface area (Å²) in [5.41, 5.74) is 0.466. The minimum absolute atomic E-state index is 0.0189. The van der Waals surface area contributed by atoms with E-state index in [1.54, 1.807) is 0 Å². The van der Waals surface area contributed by atoms with Gasteiger partial charge in [0.15, 0.2) is 11.6 Å². The molecule has 0 fully saturated rings. The largest absolute Gasteiger partial charge is 0.508 e. The van der Waals surface area contributed by atoms with Crippen LogP contribution in [-0.4, -0.2) is 21.2 Å². The number of anilines is 2. The maximum Gasteiger partial charge on any atom is 0.265 e. The summed E-state index contributed by atoms with van der Waals surface area (Å²) in [5.74, 6) is -2.31. The number of carbonyl (C=O) groups excluding carboxylic acids is 1. The zero-order valence-electron chi connectivity index (χ0n) is 12.9. The minimum atomic E-state index is -1.02. The van der Waals surface area contributed by atoms with Gasteiger partial charge in [0, 0.05) is 11.4 Å². The number of carbonyl (C=O) groups is 1. The number of hydrogen-bond donors (Lipinski definition) is 3. The lowest BCUT2D eigenvalue weighted by Crippen LogP contribution is -2.26. The van der Waals surface area contributed by atoms with E-state index in [0.29, 0.717) is 11.4 Å². The van der Waals surface area contributed by atoms with E-state index in [9.17, 15) is 24.5 Å². The van der Waals surface area contributed by atoms with Crippen LogP contribution in [-0.2, 0) is 0 Å². The molecule has 3 aromatic carbocycles. The van der Waals surface area contributed by atoms with Crippen molar-refractivity contribution in [3.8, 4) is 17.2 Å². The van der Waals surface area contributed by atoms with E-state index >= 15 is 0 Å². The van der Waals surface area contributed by atoms with Gasteiger partial charge in [-0.15, -0.1) is 0 Å². The Kier molecular flexibility index (Phi) is 4.26. The second kappa shape index (κ2) is 6.52. The predicted octanol–water partition coefficient (Wildman–Crippen LogP) is 3.92. The summed E-state index contributed by atoms with van der Waals surface area (Å²) in [5, 5.41) is 28.4. The van der Waals surface area contributed by atoms with Gasteiger partial charge in [-0.1, -0.05) is 6.07 Å². The van der Waals surface area contributed by atoms with E-state index in [0.717, 1.165) is 6.07 Å². The Morgan fingerprint density at radius 1 is 0.760 bits per heavy atom. The third kappa shape index (κ3) is 3.23. The first-order valence-corrected chi connectivity index (χ1v) is 7.37. The van der Waals surface area contributed by atoms with Crippen LogP contribution in [0.1, 0.15) is 10.4 Å². The summed E-state index contributed by atoms with van der Waals surface area (Å²) < 4.78 is 14.2. The lowest BCUT2D eigenvalue weighted by molar-refractivity contribution is 0.0994. The van der Waals surface area contributed by atoms with E-state index in [1.165, 1.54) is 65.6 Å². The van der Waals surface area contributed by atoms with Crippen LogP contribution >= 0.6 is 0 Å². The van der Waals surface area contributed by atoms with Gasteiger partial charge in [-0.3, -0.25) is 9.69 Å². The third-order valence-corrected chi connectivity index (χ3v) is 3.63. The van der Waals surface area contributed by atoms with Crippen molar-refractivity contribution >= 4 is 17.3 Å². The summed E-state index contributed by atoms with van der Waals surface area (Å²) in [6.07, 6.45) is 0. The number of hydrogen-bond acceptors (Lipinski definition) is 4. The van der Waals surface area contributed by atoms with Crippen molar-refractivity contribution in [3.05, 3.63) is 78.1 Å². The highest BCUT2D eigenvalue weighted by Gasteiger charge is 2.24. The van der Waals surface area contributed by atoms with Crippen LogP contribution < -0.4 is 4.90 Å². The molecule has 3 rings (SSSR count). The summed E-state index contributed by atoms with van der Waals surface area (Å²) in [6.45, 7) is 0. The fourth-order valence-corrected chi connectivity index (χ4v) is 2.39. The van der Waals surface area contributed by atoms with Gasteiger partial charge in [0.25, 0.3) is 5.91 Å². The van der Waals surface area contributed by atoms with Crippen LogP contribution in [0.25, 0.3) is 0 Å². The Morgan fingerprint density at radius 2 is 1.24 bits per heavy atom. The topological polar surface area (TPSA) is 81.0 Å². The number of phenols is 3. The van der Waals surface area contributed by atoms with Gasteiger partial charge in [0.2, 0.25) is 0 Å². The molecule has 1 amide bonds. The number of nitrogens with zero attached hydrogens (tertiary/aromatic N) is 1. The van der Waals surface area contributed by atoms with Gasteiger partial charge in [-0.25, -0.2) is 4.39 Å². The Balaban J connectivity index is 2.13. The number of halogens is 1. The van der Waals surface area contributed by atoms with E-state index in [4.69, 9.17) is 0 Å². The molecule has 0 aliphatic heterocycles. The molecule has 0 saturated heterocycles. The molecule has 0 saturated carbocycles. The summed E-state index contributed by atoms with van der Waals surface area (Å²) in [7, 11) is 0. The van der Waals surface area contributed by atoms with E-state index in [1.807, 2.05) is 0 Å². The van der Waals surface area contributed by atoms with Crippen LogP contribution in [0.5, 0.6) is 17.2 Å². The van der Waals surface area contributed by atoms with Crippen LogP contribution in [0, 0.1) is 5.82 Å². The lowest BCUT2D eigenvalue weighted by atomic mass is 10.1. The molecule has 6 heteroatoms. The summed E-state index contributed by atoms with van der Waals surface area (Å²) in [6, 6.07) is 15.4. The van der Waals surface area contributed by atoms with E-state index < -0.39 is 17.5 Å². The quantitative estimate of drug-likeness (QED) is 0.675. The molecule has 5 nitrogen and oxygen atoms in total. The fraction of sp³-hybridized carbons (Fsp3) is 0. The first-order chi connectivity index (χ1) is 12.0. The molecule has 0 aromatic heterocycles. The van der Waals surface area contributed by atoms with Crippen LogP contribution in [0.15, 0.2) is 66.7 Å². The Hall–Kier alpha value is -3.54. The second-order valence-electron chi connectivity index (χ2n) is 5.31. The number of benzene rings is 3. The van der Waals surface area contributed by atoms with Gasteiger partial charge in [0.1, 0.15) is 11.5 Å². The van der Waals surface area contributed by atoms with E-state index in [-0.39, 0.29) is 17.1 Å². The van der Waals surface area contributed by atoms with Crippen LogP contribution in [0.3, 0.4) is 0 Å². The average Bonchev–Trinajstić information content (AvgIpc) is 2.61.